The topological polar surface area (TPSA) is 102 Å². The second-order valence-electron chi connectivity index (χ2n) is 8.98. The minimum absolute atomic E-state index is 0.0660. The first-order valence-corrected chi connectivity index (χ1v) is 11.8. The second kappa shape index (κ2) is 9.61. The van der Waals surface area contributed by atoms with E-state index in [0.717, 1.165) is 41.2 Å². The van der Waals surface area contributed by atoms with Crippen LogP contribution in [0.5, 0.6) is 0 Å². The summed E-state index contributed by atoms with van der Waals surface area (Å²) < 4.78 is 1.68. The van der Waals surface area contributed by atoms with Gasteiger partial charge in [-0.3, -0.25) is 14.5 Å². The maximum Gasteiger partial charge on any atom is 0.219 e. The van der Waals surface area contributed by atoms with Gasteiger partial charge in [-0.2, -0.15) is 5.10 Å². The lowest BCUT2D eigenvalue weighted by Crippen LogP contribution is -2.44. The standard InChI is InChI=1S/C26H28N8O/c1-17-9-10-21(15-34(17)18(2)35)26-30-23(20-7-5-11-27-14-20)13-24(31-26)29-22-8-4-6-19(12-22)25-28-16-33(3)32-25/h4-8,11-14,16-17,21H,9-10,15H2,1-3H3,(H,29,30,31)/t17-,21+/m0/s1. The van der Waals surface area contributed by atoms with Gasteiger partial charge in [-0.1, -0.05) is 12.1 Å². The smallest absolute Gasteiger partial charge is 0.219 e. The predicted octanol–water partition coefficient (Wildman–Crippen LogP) is 4.19. The van der Waals surface area contributed by atoms with E-state index in [9.17, 15) is 4.79 Å². The fraction of sp³-hybridized carbons (Fsp3) is 0.308. The Morgan fingerprint density at radius 2 is 1.94 bits per heavy atom. The molecule has 0 bridgehead atoms. The van der Waals surface area contributed by atoms with E-state index in [2.05, 4.69) is 27.3 Å². The summed E-state index contributed by atoms with van der Waals surface area (Å²) in [4.78, 5) is 32.5. The van der Waals surface area contributed by atoms with Crippen LogP contribution in [0.15, 0.2) is 61.2 Å². The van der Waals surface area contributed by atoms with Crippen molar-refractivity contribution in [1.29, 1.82) is 0 Å². The van der Waals surface area contributed by atoms with E-state index in [1.807, 2.05) is 54.4 Å². The van der Waals surface area contributed by atoms with Gasteiger partial charge in [0.05, 0.1) is 5.69 Å². The SMILES string of the molecule is CC(=O)N1C[C@H](c2nc(Nc3cccc(-c4ncn(C)n4)c3)cc(-c3cccnc3)n2)CC[C@@H]1C. The van der Waals surface area contributed by atoms with Gasteiger partial charge in [0, 0.05) is 67.8 Å². The van der Waals surface area contributed by atoms with E-state index in [-0.39, 0.29) is 17.9 Å². The molecule has 0 unspecified atom stereocenters. The highest BCUT2D eigenvalue weighted by molar-refractivity contribution is 5.74. The molecule has 4 heterocycles. The van der Waals surface area contributed by atoms with Gasteiger partial charge in [0.15, 0.2) is 5.82 Å². The van der Waals surface area contributed by atoms with Crippen molar-refractivity contribution in [2.24, 2.45) is 7.05 Å². The Kier molecular flexibility index (Phi) is 6.22. The normalized spacial score (nSPS) is 17.9. The van der Waals surface area contributed by atoms with Crippen LogP contribution in [0.1, 0.15) is 38.4 Å². The van der Waals surface area contributed by atoms with Crippen molar-refractivity contribution < 1.29 is 4.79 Å². The number of benzene rings is 1. The third kappa shape index (κ3) is 5.03. The van der Waals surface area contributed by atoms with Crippen LogP contribution in [-0.4, -0.2) is 53.1 Å². The molecular weight excluding hydrogens is 440 g/mol. The molecule has 1 aromatic carbocycles. The average molecular weight is 469 g/mol. The summed E-state index contributed by atoms with van der Waals surface area (Å²) in [6.45, 7) is 4.34. The lowest BCUT2D eigenvalue weighted by atomic mass is 9.92. The zero-order valence-electron chi connectivity index (χ0n) is 20.1. The molecule has 9 nitrogen and oxygen atoms in total. The van der Waals surface area contributed by atoms with Gasteiger partial charge < -0.3 is 10.2 Å². The van der Waals surface area contributed by atoms with Crippen molar-refractivity contribution in [2.75, 3.05) is 11.9 Å². The average Bonchev–Trinajstić information content (AvgIpc) is 3.31. The summed E-state index contributed by atoms with van der Waals surface area (Å²) in [6.07, 6.45) is 7.08. The van der Waals surface area contributed by atoms with Gasteiger partial charge in [0.1, 0.15) is 18.0 Å². The summed E-state index contributed by atoms with van der Waals surface area (Å²) in [7, 11) is 1.85. The Hall–Kier alpha value is -4.14. The highest BCUT2D eigenvalue weighted by atomic mass is 16.2. The Morgan fingerprint density at radius 3 is 2.69 bits per heavy atom. The number of aromatic nitrogens is 6. The summed E-state index contributed by atoms with van der Waals surface area (Å²) in [5.41, 5.74) is 3.49. The lowest BCUT2D eigenvalue weighted by molar-refractivity contribution is -0.132. The summed E-state index contributed by atoms with van der Waals surface area (Å²) >= 11 is 0. The number of likely N-dealkylation sites (tertiary alicyclic amines) is 1. The summed E-state index contributed by atoms with van der Waals surface area (Å²) in [6, 6.07) is 14.0. The molecule has 1 aliphatic heterocycles. The van der Waals surface area contributed by atoms with E-state index in [0.29, 0.717) is 18.2 Å². The largest absolute Gasteiger partial charge is 0.340 e. The number of hydrogen-bond acceptors (Lipinski definition) is 7. The molecule has 35 heavy (non-hydrogen) atoms. The van der Waals surface area contributed by atoms with E-state index in [1.165, 1.54) is 0 Å². The van der Waals surface area contributed by atoms with E-state index >= 15 is 0 Å². The number of hydrogen-bond donors (Lipinski definition) is 1. The molecule has 0 saturated carbocycles. The van der Waals surface area contributed by atoms with Crippen LogP contribution in [-0.2, 0) is 11.8 Å². The van der Waals surface area contributed by atoms with Crippen molar-refractivity contribution >= 4 is 17.4 Å². The molecule has 9 heteroatoms. The summed E-state index contributed by atoms with van der Waals surface area (Å²) in [5.74, 6) is 2.24. The third-order valence-electron chi connectivity index (χ3n) is 6.35. The fourth-order valence-corrected chi connectivity index (χ4v) is 4.49. The third-order valence-corrected chi connectivity index (χ3v) is 6.35. The number of anilines is 2. The second-order valence-corrected chi connectivity index (χ2v) is 8.98. The Bertz CT molecular complexity index is 1340. The first-order chi connectivity index (χ1) is 17.0. The zero-order chi connectivity index (χ0) is 24.4. The van der Waals surface area contributed by atoms with Crippen molar-refractivity contribution in [1.82, 2.24) is 34.6 Å². The first kappa shape index (κ1) is 22.6. The monoisotopic (exact) mass is 468 g/mol. The first-order valence-electron chi connectivity index (χ1n) is 11.8. The van der Waals surface area contributed by atoms with Gasteiger partial charge >= 0.3 is 0 Å². The molecule has 1 fully saturated rings. The van der Waals surface area contributed by atoms with Crippen molar-refractivity contribution in [3.05, 3.63) is 67.0 Å². The van der Waals surface area contributed by atoms with Gasteiger partial charge in [-0.25, -0.2) is 15.0 Å². The molecule has 5 rings (SSSR count). The Balaban J connectivity index is 1.49. The number of nitrogens with zero attached hydrogens (tertiary/aromatic N) is 7. The highest BCUT2D eigenvalue weighted by Crippen LogP contribution is 2.31. The van der Waals surface area contributed by atoms with Crippen LogP contribution in [0.25, 0.3) is 22.6 Å². The van der Waals surface area contributed by atoms with Crippen molar-refractivity contribution in [3.8, 4) is 22.6 Å². The maximum absolute atomic E-state index is 12.2. The number of pyridine rings is 1. The lowest BCUT2D eigenvalue weighted by Gasteiger charge is -2.37. The minimum atomic E-state index is 0.0660. The molecule has 4 aromatic rings. The molecule has 1 aliphatic rings. The summed E-state index contributed by atoms with van der Waals surface area (Å²) in [5, 5.41) is 7.84. The molecule has 2 atom stereocenters. The molecule has 1 saturated heterocycles. The quantitative estimate of drug-likeness (QED) is 0.468. The number of nitrogens with one attached hydrogen (secondary N) is 1. The maximum atomic E-state index is 12.2. The van der Waals surface area contributed by atoms with E-state index in [4.69, 9.17) is 9.97 Å². The predicted molar refractivity (Wildman–Crippen MR) is 134 cm³/mol. The van der Waals surface area contributed by atoms with Crippen LogP contribution in [0.3, 0.4) is 0 Å². The molecule has 0 spiro atoms. The number of piperidine rings is 1. The Labute approximate surface area is 204 Å². The van der Waals surface area contributed by atoms with Crippen LogP contribution in [0.4, 0.5) is 11.5 Å². The van der Waals surface area contributed by atoms with Crippen molar-refractivity contribution in [2.45, 2.75) is 38.6 Å². The van der Waals surface area contributed by atoms with Crippen LogP contribution >= 0.6 is 0 Å². The van der Waals surface area contributed by atoms with Crippen LogP contribution in [0, 0.1) is 0 Å². The van der Waals surface area contributed by atoms with Gasteiger partial charge in [-0.05, 0) is 44.0 Å². The van der Waals surface area contributed by atoms with Crippen molar-refractivity contribution in [3.63, 3.8) is 0 Å². The van der Waals surface area contributed by atoms with Gasteiger partial charge in [0.2, 0.25) is 5.91 Å². The van der Waals surface area contributed by atoms with Crippen LogP contribution < -0.4 is 5.32 Å². The molecular formula is C26H28N8O. The van der Waals surface area contributed by atoms with Crippen LogP contribution in [0.2, 0.25) is 0 Å². The van der Waals surface area contributed by atoms with Gasteiger partial charge in [0.25, 0.3) is 0 Å². The number of rotatable bonds is 5. The molecule has 1 amide bonds. The zero-order valence-corrected chi connectivity index (χ0v) is 20.1. The van der Waals surface area contributed by atoms with E-state index in [1.54, 1.807) is 30.3 Å². The minimum Gasteiger partial charge on any atom is -0.340 e. The van der Waals surface area contributed by atoms with E-state index < -0.39 is 0 Å². The number of aryl methyl sites for hydroxylation is 1. The molecule has 0 radical (unpaired) electrons. The molecule has 1 N–H and O–H groups in total. The Morgan fingerprint density at radius 1 is 1.09 bits per heavy atom. The molecule has 0 aliphatic carbocycles. The molecule has 178 valence electrons. The number of carbonyl (C=O) groups excluding carboxylic acids is 1. The fourth-order valence-electron chi connectivity index (χ4n) is 4.49. The number of carbonyl (C=O) groups is 1. The number of amides is 1. The van der Waals surface area contributed by atoms with Gasteiger partial charge in [-0.15, -0.1) is 0 Å². The molecule has 3 aromatic heterocycles. The highest BCUT2D eigenvalue weighted by Gasteiger charge is 2.30.